The molecular weight excluding hydrogens is 404 g/mol. The van der Waals surface area contributed by atoms with Crippen molar-refractivity contribution in [2.45, 2.75) is 19.1 Å². The van der Waals surface area contributed by atoms with Gasteiger partial charge in [-0.05, 0) is 43.3 Å². The van der Waals surface area contributed by atoms with Gasteiger partial charge >= 0.3 is 0 Å². The number of nitrogens with one attached hydrogen (secondary N) is 4. The van der Waals surface area contributed by atoms with Gasteiger partial charge in [-0.25, -0.2) is 10.9 Å². The Morgan fingerprint density at radius 3 is 2.57 bits per heavy atom. The average Bonchev–Trinajstić information content (AvgIpc) is 3.24. The summed E-state index contributed by atoms with van der Waals surface area (Å²) >= 11 is 5.95. The Morgan fingerprint density at radius 2 is 1.83 bits per heavy atom. The van der Waals surface area contributed by atoms with Gasteiger partial charge in [-0.2, -0.15) is 5.53 Å². The van der Waals surface area contributed by atoms with Crippen molar-refractivity contribution in [3.05, 3.63) is 53.6 Å². The number of hydrogen-bond donors (Lipinski definition) is 4. The van der Waals surface area contributed by atoms with E-state index in [1.165, 1.54) is 0 Å². The first-order valence-electron chi connectivity index (χ1n) is 10.2. The molecule has 0 saturated carbocycles. The summed E-state index contributed by atoms with van der Waals surface area (Å²) in [5.74, 6) is 0.939. The molecule has 1 amide bonds. The molecule has 160 valence electrons. The van der Waals surface area contributed by atoms with E-state index in [0.29, 0.717) is 24.7 Å². The normalized spacial score (nSPS) is 21.5. The number of nitrogens with zero attached hydrogens (tertiary/aromatic N) is 2. The van der Waals surface area contributed by atoms with Crippen LogP contribution in [-0.4, -0.2) is 55.8 Å². The molecule has 2 heterocycles. The summed E-state index contributed by atoms with van der Waals surface area (Å²) in [4.78, 5) is 17.3. The maximum absolute atomic E-state index is 13.1. The van der Waals surface area contributed by atoms with Crippen molar-refractivity contribution >= 4 is 28.9 Å². The molecule has 0 spiro atoms. The number of carbonyl (C=O) groups is 1. The molecule has 2 aromatic carbocycles. The van der Waals surface area contributed by atoms with Gasteiger partial charge in [-0.15, -0.1) is 0 Å². The Balaban J connectivity index is 1.36. The lowest BCUT2D eigenvalue weighted by atomic mass is 10.1. The molecule has 2 aliphatic heterocycles. The molecule has 2 aliphatic rings. The van der Waals surface area contributed by atoms with Gasteiger partial charge in [-0.1, -0.05) is 23.7 Å². The summed E-state index contributed by atoms with van der Waals surface area (Å²) in [7, 11) is 0. The quantitative estimate of drug-likeness (QED) is 0.556. The minimum absolute atomic E-state index is 0.0525. The number of hydrogen-bond acceptors (Lipinski definition) is 7. The van der Waals surface area contributed by atoms with Crippen molar-refractivity contribution in [2.24, 2.45) is 0 Å². The standard InChI is InChI=1S/C21H27ClN6O2/c1-2-30-18-6-4-3-5-17(18)27-11-13-28(14-12-27)21(29)19-20(25-26-24-19)23-16-9-7-15(22)8-10-16/h3-10,19-20,23-26H,2,11-14H2,1H3. The third-order valence-electron chi connectivity index (χ3n) is 5.32. The van der Waals surface area contributed by atoms with E-state index in [1.807, 2.05) is 54.3 Å². The maximum Gasteiger partial charge on any atom is 0.244 e. The highest BCUT2D eigenvalue weighted by Crippen LogP contribution is 2.29. The van der Waals surface area contributed by atoms with Crippen LogP contribution in [0.2, 0.25) is 5.02 Å². The lowest BCUT2D eigenvalue weighted by molar-refractivity contribution is -0.133. The van der Waals surface area contributed by atoms with Crippen molar-refractivity contribution in [1.29, 1.82) is 0 Å². The summed E-state index contributed by atoms with van der Waals surface area (Å²) in [5.41, 5.74) is 10.9. The van der Waals surface area contributed by atoms with Crippen molar-refractivity contribution in [3.8, 4) is 5.75 Å². The molecule has 30 heavy (non-hydrogen) atoms. The fraction of sp³-hybridized carbons (Fsp3) is 0.381. The molecule has 9 heteroatoms. The topological polar surface area (TPSA) is 80.9 Å². The zero-order valence-electron chi connectivity index (χ0n) is 16.9. The molecule has 4 rings (SSSR count). The molecule has 2 unspecified atom stereocenters. The van der Waals surface area contributed by atoms with Crippen LogP contribution in [0.1, 0.15) is 6.92 Å². The number of piperazine rings is 1. The van der Waals surface area contributed by atoms with Gasteiger partial charge in [0.1, 0.15) is 18.0 Å². The first kappa shape index (κ1) is 20.7. The van der Waals surface area contributed by atoms with Crippen LogP contribution >= 0.6 is 11.6 Å². The van der Waals surface area contributed by atoms with E-state index in [-0.39, 0.29) is 12.1 Å². The molecule has 0 bridgehead atoms. The van der Waals surface area contributed by atoms with Gasteiger partial charge in [0.2, 0.25) is 5.91 Å². The molecule has 2 fully saturated rings. The average molecular weight is 431 g/mol. The minimum atomic E-state index is -0.428. The van der Waals surface area contributed by atoms with Crippen molar-refractivity contribution in [2.75, 3.05) is 43.0 Å². The number of rotatable bonds is 6. The van der Waals surface area contributed by atoms with E-state index < -0.39 is 6.04 Å². The van der Waals surface area contributed by atoms with Crippen LogP contribution in [0, 0.1) is 0 Å². The van der Waals surface area contributed by atoms with Crippen LogP contribution < -0.4 is 31.3 Å². The minimum Gasteiger partial charge on any atom is -0.492 e. The zero-order valence-corrected chi connectivity index (χ0v) is 17.7. The van der Waals surface area contributed by atoms with E-state index in [4.69, 9.17) is 16.3 Å². The number of anilines is 2. The van der Waals surface area contributed by atoms with Crippen molar-refractivity contribution < 1.29 is 9.53 Å². The number of carbonyl (C=O) groups excluding carboxylic acids is 1. The van der Waals surface area contributed by atoms with Gasteiger partial charge in [-0.3, -0.25) is 4.79 Å². The van der Waals surface area contributed by atoms with Crippen LogP contribution in [0.15, 0.2) is 48.5 Å². The fourth-order valence-corrected chi connectivity index (χ4v) is 3.90. The molecule has 0 radical (unpaired) electrons. The molecule has 4 N–H and O–H groups in total. The summed E-state index contributed by atoms with van der Waals surface area (Å²) in [5, 5.41) is 4.00. The number of amides is 1. The number of benzene rings is 2. The van der Waals surface area contributed by atoms with Crippen LogP contribution in [0.3, 0.4) is 0 Å². The number of para-hydroxylation sites is 2. The lowest BCUT2D eigenvalue weighted by Gasteiger charge is -2.38. The zero-order chi connectivity index (χ0) is 20.9. The van der Waals surface area contributed by atoms with Gasteiger partial charge in [0.15, 0.2) is 0 Å². The molecule has 0 aliphatic carbocycles. The highest BCUT2D eigenvalue weighted by atomic mass is 35.5. The Bertz CT molecular complexity index is 857. The van der Waals surface area contributed by atoms with E-state index in [0.717, 1.165) is 30.2 Å². The van der Waals surface area contributed by atoms with Crippen LogP contribution in [0.5, 0.6) is 5.75 Å². The third kappa shape index (κ3) is 4.62. The molecule has 2 saturated heterocycles. The summed E-state index contributed by atoms with van der Waals surface area (Å²) < 4.78 is 5.76. The molecule has 0 aromatic heterocycles. The predicted molar refractivity (Wildman–Crippen MR) is 118 cm³/mol. The van der Waals surface area contributed by atoms with Gasteiger partial charge in [0.25, 0.3) is 0 Å². The highest BCUT2D eigenvalue weighted by molar-refractivity contribution is 6.30. The van der Waals surface area contributed by atoms with E-state index in [1.54, 1.807) is 0 Å². The van der Waals surface area contributed by atoms with E-state index >= 15 is 0 Å². The first-order chi connectivity index (χ1) is 14.7. The monoisotopic (exact) mass is 430 g/mol. The van der Waals surface area contributed by atoms with Crippen LogP contribution in [0.4, 0.5) is 11.4 Å². The SMILES string of the molecule is CCOc1ccccc1N1CCN(C(=O)C2NNNC2Nc2ccc(Cl)cc2)CC1. The predicted octanol–water partition coefficient (Wildman–Crippen LogP) is 1.81. The maximum atomic E-state index is 13.1. The van der Waals surface area contributed by atoms with Crippen LogP contribution in [-0.2, 0) is 4.79 Å². The Hall–Kier alpha value is -2.52. The summed E-state index contributed by atoms with van der Waals surface area (Å²) in [6.07, 6.45) is -0.282. The summed E-state index contributed by atoms with van der Waals surface area (Å²) in [6.45, 7) is 5.46. The molecule has 8 nitrogen and oxygen atoms in total. The fourth-order valence-electron chi connectivity index (χ4n) is 3.77. The number of hydrazine groups is 2. The Morgan fingerprint density at radius 1 is 1.10 bits per heavy atom. The second-order valence-corrected chi connectivity index (χ2v) is 7.67. The molecular formula is C21H27ClN6O2. The molecule has 2 atom stereocenters. The lowest BCUT2D eigenvalue weighted by Crippen LogP contribution is -2.57. The second kappa shape index (κ2) is 9.53. The Kier molecular flexibility index (Phi) is 6.59. The van der Waals surface area contributed by atoms with E-state index in [2.05, 4.69) is 32.7 Å². The largest absolute Gasteiger partial charge is 0.492 e. The van der Waals surface area contributed by atoms with Gasteiger partial charge in [0, 0.05) is 36.9 Å². The smallest absolute Gasteiger partial charge is 0.244 e. The van der Waals surface area contributed by atoms with Crippen molar-refractivity contribution in [3.63, 3.8) is 0 Å². The highest BCUT2D eigenvalue weighted by Gasteiger charge is 2.36. The first-order valence-corrected chi connectivity index (χ1v) is 10.6. The number of ether oxygens (including phenoxy) is 1. The number of halogens is 1. The summed E-state index contributed by atoms with van der Waals surface area (Å²) in [6, 6.07) is 15.0. The third-order valence-corrected chi connectivity index (χ3v) is 5.57. The van der Waals surface area contributed by atoms with Crippen LogP contribution in [0.25, 0.3) is 0 Å². The molecule has 2 aromatic rings. The van der Waals surface area contributed by atoms with Crippen molar-refractivity contribution in [1.82, 2.24) is 21.3 Å². The van der Waals surface area contributed by atoms with Gasteiger partial charge < -0.3 is 19.9 Å². The second-order valence-electron chi connectivity index (χ2n) is 7.23. The van der Waals surface area contributed by atoms with Gasteiger partial charge in [0.05, 0.1) is 12.3 Å². The van der Waals surface area contributed by atoms with E-state index in [9.17, 15) is 4.79 Å². The Labute approximate surface area is 181 Å².